The van der Waals surface area contributed by atoms with Gasteiger partial charge in [-0.1, -0.05) is 53.9 Å². The van der Waals surface area contributed by atoms with E-state index in [1.807, 2.05) is 0 Å². The van der Waals surface area contributed by atoms with Crippen molar-refractivity contribution >= 4 is 0 Å². The molecule has 1 rings (SSSR count). The summed E-state index contributed by atoms with van der Waals surface area (Å²) in [5, 5.41) is 0. The van der Waals surface area contributed by atoms with Crippen LogP contribution in [0.4, 0.5) is 0 Å². The van der Waals surface area contributed by atoms with Crippen molar-refractivity contribution in [1.82, 2.24) is 0 Å². The summed E-state index contributed by atoms with van der Waals surface area (Å²) in [6.07, 6.45) is 5.62. The van der Waals surface area contributed by atoms with Crippen molar-refractivity contribution < 1.29 is 0 Å². The molecule has 0 aromatic heterocycles. The first-order chi connectivity index (χ1) is 6.05. The topological polar surface area (TPSA) is 0 Å². The van der Waals surface area contributed by atoms with Crippen LogP contribution in [0.15, 0.2) is 0 Å². The molecule has 0 nitrogen and oxygen atoms in total. The molecule has 1 saturated carbocycles. The first kappa shape index (κ1) is 11.1. The molecular formula is C13H26. The lowest BCUT2D eigenvalue weighted by Crippen LogP contribution is -2.13. The highest BCUT2D eigenvalue weighted by molar-refractivity contribution is 5.00. The zero-order chi connectivity index (χ0) is 10.1. The maximum absolute atomic E-state index is 2.47. The second-order valence-corrected chi connectivity index (χ2v) is 5.44. The van der Waals surface area contributed by atoms with Crippen LogP contribution in [0.2, 0.25) is 0 Å². The van der Waals surface area contributed by atoms with Crippen LogP contribution in [0.25, 0.3) is 0 Å². The molecule has 0 amide bonds. The smallest absolute Gasteiger partial charge is 0.0294 e. The second kappa shape index (κ2) is 4.02. The number of hydrogen-bond donors (Lipinski definition) is 0. The summed E-state index contributed by atoms with van der Waals surface area (Å²) in [6, 6.07) is 0. The van der Waals surface area contributed by atoms with E-state index >= 15 is 0 Å². The molecule has 0 aliphatic heterocycles. The van der Waals surface area contributed by atoms with Crippen molar-refractivity contribution in [2.24, 2.45) is 23.2 Å². The van der Waals surface area contributed by atoms with E-state index in [4.69, 9.17) is 0 Å². The number of rotatable bonds is 5. The quantitative estimate of drug-likeness (QED) is 0.587. The van der Waals surface area contributed by atoms with Crippen molar-refractivity contribution in [3.05, 3.63) is 0 Å². The van der Waals surface area contributed by atoms with Gasteiger partial charge in [0.1, 0.15) is 0 Å². The minimum absolute atomic E-state index is 0.710. The molecule has 0 spiro atoms. The molecule has 4 atom stereocenters. The molecule has 1 aliphatic rings. The lowest BCUT2D eigenvalue weighted by Gasteiger charge is -2.21. The SMILES string of the molecule is CCCC(C)C(C)C1CC1(C)CC. The lowest BCUT2D eigenvalue weighted by molar-refractivity contribution is 0.282. The lowest BCUT2D eigenvalue weighted by atomic mass is 9.84. The second-order valence-electron chi connectivity index (χ2n) is 5.44. The molecule has 1 fully saturated rings. The average molecular weight is 182 g/mol. The van der Waals surface area contributed by atoms with E-state index in [0.717, 1.165) is 17.8 Å². The first-order valence-electron chi connectivity index (χ1n) is 6.05. The Labute approximate surface area is 84.1 Å². The van der Waals surface area contributed by atoms with Crippen LogP contribution in [-0.2, 0) is 0 Å². The van der Waals surface area contributed by atoms with Gasteiger partial charge >= 0.3 is 0 Å². The Morgan fingerprint density at radius 3 is 2.31 bits per heavy atom. The van der Waals surface area contributed by atoms with Gasteiger partial charge in [-0.3, -0.25) is 0 Å². The van der Waals surface area contributed by atoms with Crippen molar-refractivity contribution in [2.75, 3.05) is 0 Å². The highest BCUT2D eigenvalue weighted by Crippen LogP contribution is 2.59. The third-order valence-electron chi connectivity index (χ3n) is 4.51. The average Bonchev–Trinajstić information content (AvgIpc) is 2.78. The fourth-order valence-electron chi connectivity index (χ4n) is 2.79. The van der Waals surface area contributed by atoms with Gasteiger partial charge in [-0.15, -0.1) is 0 Å². The van der Waals surface area contributed by atoms with E-state index in [9.17, 15) is 0 Å². The standard InChI is InChI=1S/C13H26/c1-6-8-10(3)11(4)12-9-13(12,5)7-2/h10-12H,6-9H2,1-5H3. The summed E-state index contributed by atoms with van der Waals surface area (Å²) in [5.41, 5.74) is 0.710. The van der Waals surface area contributed by atoms with Gasteiger partial charge in [0.05, 0.1) is 0 Å². The summed E-state index contributed by atoms with van der Waals surface area (Å²) in [6.45, 7) is 12.0. The van der Waals surface area contributed by atoms with Crippen molar-refractivity contribution in [3.63, 3.8) is 0 Å². The van der Waals surface area contributed by atoms with Crippen LogP contribution < -0.4 is 0 Å². The van der Waals surface area contributed by atoms with E-state index in [-0.39, 0.29) is 0 Å². The Morgan fingerprint density at radius 2 is 1.92 bits per heavy atom. The Balaban J connectivity index is 2.38. The zero-order valence-electron chi connectivity index (χ0n) is 10.1. The van der Waals surface area contributed by atoms with E-state index in [2.05, 4.69) is 34.6 Å². The molecule has 0 aromatic carbocycles. The molecule has 0 radical (unpaired) electrons. The van der Waals surface area contributed by atoms with Crippen molar-refractivity contribution in [2.45, 2.75) is 60.3 Å². The molecule has 0 saturated heterocycles. The van der Waals surface area contributed by atoms with Crippen LogP contribution in [-0.4, -0.2) is 0 Å². The highest BCUT2D eigenvalue weighted by Gasteiger charge is 2.51. The third-order valence-corrected chi connectivity index (χ3v) is 4.51. The minimum Gasteiger partial charge on any atom is -0.0654 e. The Hall–Kier alpha value is 0. The van der Waals surface area contributed by atoms with E-state index in [0.29, 0.717) is 5.41 Å². The Morgan fingerprint density at radius 1 is 1.31 bits per heavy atom. The molecule has 4 unspecified atom stereocenters. The first-order valence-corrected chi connectivity index (χ1v) is 6.05. The molecule has 1 aliphatic carbocycles. The largest absolute Gasteiger partial charge is 0.0654 e. The van der Waals surface area contributed by atoms with Crippen molar-refractivity contribution in [3.8, 4) is 0 Å². The molecule has 0 heterocycles. The van der Waals surface area contributed by atoms with E-state index in [1.165, 1.54) is 25.7 Å². The summed E-state index contributed by atoms with van der Waals surface area (Å²) in [4.78, 5) is 0. The van der Waals surface area contributed by atoms with Gasteiger partial charge in [0.15, 0.2) is 0 Å². The molecule has 0 aromatic rings. The highest BCUT2D eigenvalue weighted by atomic mass is 14.6. The summed E-state index contributed by atoms with van der Waals surface area (Å²) < 4.78 is 0. The van der Waals surface area contributed by atoms with Crippen LogP contribution in [0.5, 0.6) is 0 Å². The zero-order valence-corrected chi connectivity index (χ0v) is 10.1. The monoisotopic (exact) mass is 182 g/mol. The van der Waals surface area contributed by atoms with Gasteiger partial charge in [0.2, 0.25) is 0 Å². The van der Waals surface area contributed by atoms with Crippen LogP contribution in [0.1, 0.15) is 60.3 Å². The Kier molecular flexibility index (Phi) is 3.43. The minimum atomic E-state index is 0.710. The maximum atomic E-state index is 2.47. The van der Waals surface area contributed by atoms with Gasteiger partial charge in [-0.2, -0.15) is 0 Å². The van der Waals surface area contributed by atoms with Gasteiger partial charge in [-0.25, -0.2) is 0 Å². The predicted octanol–water partition coefficient (Wildman–Crippen LogP) is 4.49. The van der Waals surface area contributed by atoms with Crippen LogP contribution in [0, 0.1) is 23.2 Å². The fourth-order valence-corrected chi connectivity index (χ4v) is 2.79. The molecule has 13 heavy (non-hydrogen) atoms. The Bertz CT molecular complexity index is 161. The van der Waals surface area contributed by atoms with E-state index < -0.39 is 0 Å². The van der Waals surface area contributed by atoms with Gasteiger partial charge in [-0.05, 0) is 29.6 Å². The maximum Gasteiger partial charge on any atom is -0.0294 e. The molecular weight excluding hydrogens is 156 g/mol. The van der Waals surface area contributed by atoms with Gasteiger partial charge in [0, 0.05) is 0 Å². The summed E-state index contributed by atoms with van der Waals surface area (Å²) >= 11 is 0. The van der Waals surface area contributed by atoms with Crippen LogP contribution >= 0.6 is 0 Å². The molecule has 0 N–H and O–H groups in total. The van der Waals surface area contributed by atoms with Crippen molar-refractivity contribution in [1.29, 1.82) is 0 Å². The molecule has 78 valence electrons. The van der Waals surface area contributed by atoms with Crippen LogP contribution in [0.3, 0.4) is 0 Å². The van der Waals surface area contributed by atoms with E-state index in [1.54, 1.807) is 0 Å². The van der Waals surface area contributed by atoms with Gasteiger partial charge < -0.3 is 0 Å². The third kappa shape index (κ3) is 2.27. The molecule has 0 heteroatoms. The summed E-state index contributed by atoms with van der Waals surface area (Å²) in [5.74, 6) is 2.91. The predicted molar refractivity (Wildman–Crippen MR) is 59.7 cm³/mol. The fraction of sp³-hybridized carbons (Fsp3) is 1.00. The normalized spacial score (nSPS) is 37.2. The molecule has 0 bridgehead atoms. The van der Waals surface area contributed by atoms with Gasteiger partial charge in [0.25, 0.3) is 0 Å². The number of hydrogen-bond acceptors (Lipinski definition) is 0. The summed E-state index contributed by atoms with van der Waals surface area (Å²) in [7, 11) is 0.